The second-order valence-corrected chi connectivity index (χ2v) is 11.0. The van der Waals surface area contributed by atoms with Gasteiger partial charge in [-0.25, -0.2) is 9.97 Å². The highest BCUT2D eigenvalue weighted by Crippen LogP contribution is 2.44. The van der Waals surface area contributed by atoms with Gasteiger partial charge in [-0.3, -0.25) is 9.20 Å². The zero-order valence-corrected chi connectivity index (χ0v) is 22.8. The molecule has 208 valence electrons. The number of aromatic nitrogens is 3. The van der Waals surface area contributed by atoms with Gasteiger partial charge in [-0.2, -0.15) is 8.78 Å². The highest BCUT2D eigenvalue weighted by molar-refractivity contribution is 5.94. The molecule has 2 aliphatic heterocycles. The van der Waals surface area contributed by atoms with Crippen molar-refractivity contribution in [1.82, 2.24) is 19.7 Å². The molecule has 0 saturated carbocycles. The maximum absolute atomic E-state index is 13.1. The molecule has 4 aromatic rings. The topological polar surface area (TPSA) is 75.0 Å². The minimum atomic E-state index is -3.18. The molecule has 40 heavy (non-hydrogen) atoms. The quantitative estimate of drug-likeness (QED) is 0.341. The van der Waals surface area contributed by atoms with Gasteiger partial charge in [0.2, 0.25) is 5.78 Å². The van der Waals surface area contributed by atoms with Gasteiger partial charge in [0, 0.05) is 68.8 Å². The zero-order valence-electron chi connectivity index (χ0n) is 22.8. The third kappa shape index (κ3) is 5.05. The largest absolute Gasteiger partial charge is 0.433 e. The molecule has 2 aromatic carbocycles. The number of ether oxygens (including phenoxy) is 1. The number of carbonyl (C=O) groups excluding carboxylic acids is 1. The predicted octanol–water partition coefficient (Wildman–Crippen LogP) is 4.85. The number of nitrogens with one attached hydrogen (secondary N) is 1. The van der Waals surface area contributed by atoms with Crippen LogP contribution in [0.15, 0.2) is 60.9 Å². The Kier molecular flexibility index (Phi) is 6.35. The number of fused-ring (bicyclic) bond motifs is 1. The third-order valence-corrected chi connectivity index (χ3v) is 7.59. The number of aryl methyl sites for hydroxylation is 2. The van der Waals surface area contributed by atoms with E-state index in [1.54, 1.807) is 22.7 Å². The summed E-state index contributed by atoms with van der Waals surface area (Å²) in [4.78, 5) is 26.6. The Hall–Kier alpha value is -4.21. The fourth-order valence-corrected chi connectivity index (χ4v) is 5.68. The fourth-order valence-electron chi connectivity index (χ4n) is 5.68. The molecule has 8 nitrogen and oxygen atoms in total. The van der Waals surface area contributed by atoms with Crippen LogP contribution in [-0.4, -0.2) is 52.6 Å². The second-order valence-electron chi connectivity index (χ2n) is 11.0. The van der Waals surface area contributed by atoms with Crippen molar-refractivity contribution in [2.45, 2.75) is 39.8 Å². The summed E-state index contributed by atoms with van der Waals surface area (Å²) >= 11 is 0. The molecular formula is C30H32F2N6O2. The lowest BCUT2D eigenvalue weighted by atomic mass is 9.72. The first-order valence-corrected chi connectivity index (χ1v) is 13.5. The standard InChI is InChI=1S/C30H32F2N6O2/c1-4-25-26(38-15-20(2)13-34-28(38)35-25)27(39)33-14-21-5-7-22(8-6-21)36-16-30(17-36)18-37(19-30)23-9-11-24(12-10-23)40-29(3,31)32/h5-13,15H,4,14,16-19H2,1-3H3,(H,33,39). The maximum Gasteiger partial charge on any atom is 0.394 e. The van der Waals surface area contributed by atoms with Crippen molar-refractivity contribution in [3.05, 3.63) is 83.4 Å². The summed E-state index contributed by atoms with van der Waals surface area (Å²) in [7, 11) is 0. The number of carbonyl (C=O) groups is 1. The Bertz CT molecular complexity index is 1530. The van der Waals surface area contributed by atoms with Gasteiger partial charge < -0.3 is 19.9 Å². The van der Waals surface area contributed by atoms with Crippen molar-refractivity contribution in [1.29, 1.82) is 0 Å². The van der Waals surface area contributed by atoms with E-state index < -0.39 is 6.11 Å². The van der Waals surface area contributed by atoms with Crippen molar-refractivity contribution in [2.75, 3.05) is 36.0 Å². The van der Waals surface area contributed by atoms with Gasteiger partial charge in [0.05, 0.1) is 5.69 Å². The first kappa shape index (κ1) is 26.0. The van der Waals surface area contributed by atoms with E-state index in [-0.39, 0.29) is 17.1 Å². The summed E-state index contributed by atoms with van der Waals surface area (Å²) in [5, 5.41) is 3.04. The number of rotatable bonds is 8. The minimum absolute atomic E-state index is 0.162. The van der Waals surface area contributed by atoms with E-state index in [0.29, 0.717) is 24.4 Å². The van der Waals surface area contributed by atoms with E-state index in [4.69, 9.17) is 0 Å². The van der Waals surface area contributed by atoms with Crippen LogP contribution in [0, 0.1) is 12.3 Å². The van der Waals surface area contributed by atoms with Gasteiger partial charge in [0.15, 0.2) is 0 Å². The molecule has 2 saturated heterocycles. The van der Waals surface area contributed by atoms with Crippen molar-refractivity contribution >= 4 is 23.1 Å². The van der Waals surface area contributed by atoms with E-state index in [0.717, 1.165) is 61.3 Å². The van der Waals surface area contributed by atoms with Gasteiger partial charge in [0.25, 0.3) is 5.91 Å². The summed E-state index contributed by atoms with van der Waals surface area (Å²) in [5.74, 6) is 0.536. The Morgan fingerprint density at radius 3 is 2.20 bits per heavy atom. The van der Waals surface area contributed by atoms with E-state index in [1.165, 1.54) is 0 Å². The molecule has 1 spiro atoms. The molecular weight excluding hydrogens is 514 g/mol. The average Bonchev–Trinajstić information content (AvgIpc) is 3.24. The molecule has 0 aliphatic carbocycles. The average molecular weight is 547 g/mol. The van der Waals surface area contributed by atoms with Crippen molar-refractivity contribution < 1.29 is 18.3 Å². The number of imidazole rings is 1. The van der Waals surface area contributed by atoms with E-state index in [2.05, 4.69) is 54.1 Å². The lowest BCUT2D eigenvalue weighted by Gasteiger charge is -2.61. The Balaban J connectivity index is 1.01. The molecule has 10 heteroatoms. The molecule has 0 bridgehead atoms. The molecule has 0 atom stereocenters. The number of anilines is 2. The molecule has 0 unspecified atom stereocenters. The predicted molar refractivity (Wildman–Crippen MR) is 149 cm³/mol. The molecule has 2 aliphatic rings. The zero-order chi connectivity index (χ0) is 28.1. The van der Waals surface area contributed by atoms with Crippen LogP contribution in [0.2, 0.25) is 0 Å². The molecule has 6 rings (SSSR count). The van der Waals surface area contributed by atoms with Crippen LogP contribution in [0.25, 0.3) is 5.78 Å². The molecule has 1 N–H and O–H groups in total. The lowest BCUT2D eigenvalue weighted by Crippen LogP contribution is -2.72. The van der Waals surface area contributed by atoms with Crippen LogP contribution in [0.4, 0.5) is 20.2 Å². The number of hydrogen-bond donors (Lipinski definition) is 1. The summed E-state index contributed by atoms with van der Waals surface area (Å²) in [6.07, 6.45) is 1.11. The van der Waals surface area contributed by atoms with Crippen LogP contribution in [0.5, 0.6) is 5.75 Å². The molecule has 1 amide bonds. The first-order valence-electron chi connectivity index (χ1n) is 13.5. The van der Waals surface area contributed by atoms with Crippen LogP contribution in [-0.2, 0) is 13.0 Å². The first-order chi connectivity index (χ1) is 19.1. The smallest absolute Gasteiger partial charge is 0.394 e. The summed E-state index contributed by atoms with van der Waals surface area (Å²) in [6, 6.07) is 15.2. The van der Waals surface area contributed by atoms with Crippen LogP contribution < -0.4 is 19.9 Å². The summed E-state index contributed by atoms with van der Waals surface area (Å²) in [6.45, 7) is 8.92. The molecule has 4 heterocycles. The Morgan fingerprint density at radius 1 is 1.02 bits per heavy atom. The molecule has 2 fully saturated rings. The summed E-state index contributed by atoms with van der Waals surface area (Å²) < 4.78 is 32.5. The van der Waals surface area contributed by atoms with Gasteiger partial charge >= 0.3 is 6.11 Å². The molecule has 2 aromatic heterocycles. The number of benzene rings is 2. The third-order valence-electron chi connectivity index (χ3n) is 7.59. The number of alkyl halides is 2. The maximum atomic E-state index is 13.1. The second kappa shape index (κ2) is 9.76. The number of amides is 1. The highest BCUT2D eigenvalue weighted by atomic mass is 19.3. The van der Waals surface area contributed by atoms with E-state index in [9.17, 15) is 13.6 Å². The van der Waals surface area contributed by atoms with E-state index >= 15 is 0 Å². The van der Waals surface area contributed by atoms with Gasteiger partial charge in [-0.05, 0) is 60.9 Å². The Labute approximate surface area is 231 Å². The van der Waals surface area contributed by atoms with Crippen LogP contribution in [0.1, 0.15) is 41.2 Å². The van der Waals surface area contributed by atoms with Gasteiger partial charge in [0.1, 0.15) is 11.4 Å². The van der Waals surface area contributed by atoms with Crippen molar-refractivity contribution in [2.24, 2.45) is 5.41 Å². The number of halogens is 2. The summed E-state index contributed by atoms with van der Waals surface area (Å²) in [5.41, 5.74) is 5.71. The normalized spacial score (nSPS) is 16.1. The SMILES string of the molecule is CCc1nc2ncc(C)cn2c1C(=O)NCc1ccc(N2CC3(C2)CN(c2ccc(OC(C)(F)F)cc2)C3)cc1. The lowest BCUT2D eigenvalue weighted by molar-refractivity contribution is -0.158. The van der Waals surface area contributed by atoms with Crippen LogP contribution >= 0.6 is 0 Å². The van der Waals surface area contributed by atoms with Crippen molar-refractivity contribution in [3.8, 4) is 5.75 Å². The minimum Gasteiger partial charge on any atom is -0.433 e. The fraction of sp³-hybridized carbons (Fsp3) is 0.367. The number of hydrogen-bond acceptors (Lipinski definition) is 6. The Morgan fingerprint density at radius 2 is 1.62 bits per heavy atom. The van der Waals surface area contributed by atoms with E-state index in [1.807, 2.05) is 32.2 Å². The highest BCUT2D eigenvalue weighted by Gasteiger charge is 2.51. The van der Waals surface area contributed by atoms with Crippen LogP contribution in [0.3, 0.4) is 0 Å². The monoisotopic (exact) mass is 546 g/mol. The van der Waals surface area contributed by atoms with Gasteiger partial charge in [-0.15, -0.1) is 0 Å². The molecule has 0 radical (unpaired) electrons. The number of nitrogens with zero attached hydrogens (tertiary/aromatic N) is 5. The van der Waals surface area contributed by atoms with Crippen molar-refractivity contribution in [3.63, 3.8) is 0 Å². The van der Waals surface area contributed by atoms with Gasteiger partial charge in [-0.1, -0.05) is 19.1 Å².